The summed E-state index contributed by atoms with van der Waals surface area (Å²) in [4.78, 5) is -0.268. The Balaban J connectivity index is 2.34. The molecule has 2 rings (SSSR count). The topological polar surface area (TPSA) is 89.6 Å². The van der Waals surface area contributed by atoms with Crippen molar-refractivity contribution in [3.05, 3.63) is 23.8 Å². The molecule has 1 aromatic carbocycles. The number of hydrogen-bond acceptors (Lipinski definition) is 5. The molecule has 0 heterocycles. The Bertz CT molecular complexity index is 700. The Hall–Kier alpha value is -1.32. The van der Waals surface area contributed by atoms with Crippen LogP contribution in [0.5, 0.6) is 5.75 Å². The monoisotopic (exact) mass is 395 g/mol. The number of hydrogen-bond donors (Lipinski definition) is 2. The van der Waals surface area contributed by atoms with Gasteiger partial charge in [0.25, 0.3) is 0 Å². The minimum atomic E-state index is -4.96. The molecular formula is C17H24F3NO4S. The van der Waals surface area contributed by atoms with Crippen LogP contribution < -0.4 is 10.5 Å². The van der Waals surface area contributed by atoms with Crippen molar-refractivity contribution in [3.63, 3.8) is 0 Å². The number of nitrogens with two attached hydrogens (primary N) is 1. The van der Waals surface area contributed by atoms with Crippen LogP contribution in [-0.2, 0) is 9.84 Å². The van der Waals surface area contributed by atoms with Gasteiger partial charge in [0.15, 0.2) is 9.84 Å². The summed E-state index contributed by atoms with van der Waals surface area (Å²) in [7, 11) is -3.80. The Kier molecular flexibility index (Phi) is 6.92. The van der Waals surface area contributed by atoms with Gasteiger partial charge >= 0.3 is 6.36 Å². The maximum absolute atomic E-state index is 12.7. The second-order valence-electron chi connectivity index (χ2n) is 6.66. The lowest BCUT2D eigenvalue weighted by atomic mass is 9.91. The lowest BCUT2D eigenvalue weighted by Crippen LogP contribution is -2.20. The lowest BCUT2D eigenvalue weighted by molar-refractivity contribution is -0.274. The van der Waals surface area contributed by atoms with Crippen LogP contribution in [0, 0.1) is 5.92 Å². The van der Waals surface area contributed by atoms with E-state index in [0.717, 1.165) is 44.2 Å². The molecule has 1 aliphatic carbocycles. The highest BCUT2D eigenvalue weighted by Gasteiger charge is 2.32. The van der Waals surface area contributed by atoms with Gasteiger partial charge < -0.3 is 15.6 Å². The van der Waals surface area contributed by atoms with E-state index in [0.29, 0.717) is 0 Å². The van der Waals surface area contributed by atoms with E-state index in [-0.39, 0.29) is 35.1 Å². The second kappa shape index (κ2) is 8.58. The summed E-state index contributed by atoms with van der Waals surface area (Å²) < 4.78 is 67.0. The van der Waals surface area contributed by atoms with Crippen molar-refractivity contribution >= 4 is 9.84 Å². The van der Waals surface area contributed by atoms with E-state index < -0.39 is 28.1 Å². The number of aliphatic hydroxyl groups excluding tert-OH is 1. The van der Waals surface area contributed by atoms with Crippen LogP contribution in [0.15, 0.2) is 23.1 Å². The Morgan fingerprint density at radius 1 is 1.19 bits per heavy atom. The summed E-state index contributed by atoms with van der Waals surface area (Å²) in [6, 6.07) is 3.07. The van der Waals surface area contributed by atoms with E-state index in [9.17, 15) is 26.7 Å². The fraction of sp³-hybridized carbons (Fsp3) is 0.647. The van der Waals surface area contributed by atoms with Crippen molar-refractivity contribution in [1.29, 1.82) is 0 Å². The van der Waals surface area contributed by atoms with Crippen molar-refractivity contribution < 1.29 is 31.4 Å². The van der Waals surface area contributed by atoms with Gasteiger partial charge in [0.1, 0.15) is 5.75 Å². The SMILES string of the molecule is NCCC(O)c1cc(OC(F)(F)F)cc(S(=O)(=O)CC2CCCCC2)c1. The highest BCUT2D eigenvalue weighted by molar-refractivity contribution is 7.91. The van der Waals surface area contributed by atoms with Crippen LogP contribution >= 0.6 is 0 Å². The number of halogens is 3. The summed E-state index contributed by atoms with van der Waals surface area (Å²) >= 11 is 0. The van der Waals surface area contributed by atoms with Gasteiger partial charge in [0.2, 0.25) is 0 Å². The van der Waals surface area contributed by atoms with Gasteiger partial charge in [-0.05, 0) is 55.5 Å². The van der Waals surface area contributed by atoms with Crippen LogP contribution in [0.4, 0.5) is 13.2 Å². The summed E-state index contributed by atoms with van der Waals surface area (Å²) in [5.41, 5.74) is 5.41. The van der Waals surface area contributed by atoms with Crippen molar-refractivity contribution in [1.82, 2.24) is 0 Å². The maximum Gasteiger partial charge on any atom is 0.573 e. The van der Waals surface area contributed by atoms with Gasteiger partial charge in [-0.3, -0.25) is 0 Å². The average molecular weight is 395 g/mol. The molecule has 1 unspecified atom stereocenters. The van der Waals surface area contributed by atoms with Crippen LogP contribution in [0.2, 0.25) is 0 Å². The molecule has 0 saturated heterocycles. The Labute approximate surface area is 151 Å². The fourth-order valence-electron chi connectivity index (χ4n) is 3.24. The maximum atomic E-state index is 12.7. The molecule has 1 saturated carbocycles. The summed E-state index contributed by atoms with van der Waals surface area (Å²) in [5, 5.41) is 10.0. The third-order valence-corrected chi connectivity index (χ3v) is 6.36. The Morgan fingerprint density at radius 2 is 1.85 bits per heavy atom. The van der Waals surface area contributed by atoms with Gasteiger partial charge in [0, 0.05) is 0 Å². The first-order valence-corrected chi connectivity index (χ1v) is 10.3. The highest BCUT2D eigenvalue weighted by Crippen LogP contribution is 2.32. The molecule has 0 bridgehead atoms. The van der Waals surface area contributed by atoms with Crippen molar-refractivity contribution in [3.8, 4) is 5.75 Å². The molecule has 26 heavy (non-hydrogen) atoms. The first kappa shape index (κ1) is 21.0. The lowest BCUT2D eigenvalue weighted by Gasteiger charge is -2.22. The molecular weight excluding hydrogens is 371 g/mol. The summed E-state index contributed by atoms with van der Waals surface area (Å²) in [6.45, 7) is 0.107. The third kappa shape index (κ3) is 6.14. The van der Waals surface area contributed by atoms with E-state index >= 15 is 0 Å². The predicted molar refractivity (Wildman–Crippen MR) is 90.4 cm³/mol. The van der Waals surface area contributed by atoms with Gasteiger partial charge in [-0.25, -0.2) is 8.42 Å². The molecule has 1 aromatic rings. The summed E-state index contributed by atoms with van der Waals surface area (Å²) in [6.07, 6.45) is -1.46. The van der Waals surface area contributed by atoms with Gasteiger partial charge in [-0.1, -0.05) is 19.3 Å². The van der Waals surface area contributed by atoms with Crippen LogP contribution in [0.1, 0.15) is 50.2 Å². The zero-order chi connectivity index (χ0) is 19.4. The molecule has 0 amide bonds. The Morgan fingerprint density at radius 3 is 2.42 bits per heavy atom. The predicted octanol–water partition coefficient (Wildman–Crippen LogP) is 3.32. The van der Waals surface area contributed by atoms with Crippen molar-refractivity contribution in [2.24, 2.45) is 11.7 Å². The fourth-order valence-corrected chi connectivity index (χ4v) is 5.00. The highest BCUT2D eigenvalue weighted by atomic mass is 32.2. The standard InChI is InChI=1S/C17H24F3NO4S/c18-17(19,20)25-14-8-13(16(22)6-7-21)9-15(10-14)26(23,24)11-12-4-2-1-3-5-12/h8-10,12,16,22H,1-7,11,21H2. The number of rotatable bonds is 7. The largest absolute Gasteiger partial charge is 0.573 e. The number of sulfone groups is 1. The molecule has 1 atom stereocenters. The first-order chi connectivity index (χ1) is 12.1. The average Bonchev–Trinajstić information content (AvgIpc) is 2.53. The zero-order valence-corrected chi connectivity index (χ0v) is 15.2. The van der Waals surface area contributed by atoms with Gasteiger partial charge in [0.05, 0.1) is 16.8 Å². The molecule has 0 radical (unpaired) electrons. The molecule has 0 aromatic heterocycles. The summed E-state index contributed by atoms with van der Waals surface area (Å²) in [5.74, 6) is -0.777. The normalized spacial score (nSPS) is 17.9. The molecule has 1 aliphatic rings. The molecule has 0 spiro atoms. The van der Waals surface area contributed by atoms with Crippen LogP contribution in [-0.4, -0.2) is 32.2 Å². The third-order valence-electron chi connectivity index (χ3n) is 4.50. The first-order valence-electron chi connectivity index (χ1n) is 8.62. The molecule has 3 N–H and O–H groups in total. The smallest absolute Gasteiger partial charge is 0.406 e. The van der Waals surface area contributed by atoms with E-state index in [1.165, 1.54) is 6.07 Å². The molecule has 1 fully saturated rings. The molecule has 5 nitrogen and oxygen atoms in total. The number of ether oxygens (including phenoxy) is 1. The minimum absolute atomic E-state index is 0.00152. The van der Waals surface area contributed by atoms with E-state index in [4.69, 9.17) is 5.73 Å². The van der Waals surface area contributed by atoms with Crippen LogP contribution in [0.3, 0.4) is 0 Å². The second-order valence-corrected chi connectivity index (χ2v) is 8.70. The van der Waals surface area contributed by atoms with Crippen LogP contribution in [0.25, 0.3) is 0 Å². The molecule has 9 heteroatoms. The minimum Gasteiger partial charge on any atom is -0.406 e. The van der Waals surface area contributed by atoms with Gasteiger partial charge in [-0.2, -0.15) is 0 Å². The number of aliphatic hydroxyl groups is 1. The van der Waals surface area contributed by atoms with Crippen molar-refractivity contribution in [2.75, 3.05) is 12.3 Å². The molecule has 0 aliphatic heterocycles. The van der Waals surface area contributed by atoms with E-state index in [1.807, 2.05) is 0 Å². The quantitative estimate of drug-likeness (QED) is 0.739. The molecule has 148 valence electrons. The van der Waals surface area contributed by atoms with E-state index in [2.05, 4.69) is 4.74 Å². The van der Waals surface area contributed by atoms with E-state index in [1.54, 1.807) is 0 Å². The zero-order valence-electron chi connectivity index (χ0n) is 14.3. The van der Waals surface area contributed by atoms with Crippen molar-refractivity contribution in [2.45, 2.75) is 55.9 Å². The number of alkyl halides is 3. The van der Waals surface area contributed by atoms with Gasteiger partial charge in [-0.15, -0.1) is 13.2 Å². The number of benzene rings is 1.